The smallest absolute Gasteiger partial charge is 0.325 e. The van der Waals surface area contributed by atoms with Crippen molar-refractivity contribution in [2.45, 2.75) is 13.5 Å². The van der Waals surface area contributed by atoms with E-state index in [2.05, 4.69) is 15.4 Å². The van der Waals surface area contributed by atoms with Crippen LogP contribution in [0.4, 0.5) is 5.69 Å². The molecule has 2 heterocycles. The molecule has 1 aromatic carbocycles. The van der Waals surface area contributed by atoms with Gasteiger partial charge in [0.15, 0.2) is 0 Å². The van der Waals surface area contributed by atoms with Crippen LogP contribution in [0.5, 0.6) is 0 Å². The van der Waals surface area contributed by atoms with Crippen LogP contribution >= 0.6 is 0 Å². The zero-order chi connectivity index (χ0) is 17.8. The first kappa shape index (κ1) is 16.4. The topological polar surface area (TPSA) is 97.1 Å². The molecular weight excluding hydrogens is 320 g/mol. The summed E-state index contributed by atoms with van der Waals surface area (Å²) in [6, 6.07) is 10.6. The van der Waals surface area contributed by atoms with Crippen LogP contribution in [0.3, 0.4) is 0 Å². The Hall–Kier alpha value is -3.48. The number of carboxylic acid groups (broad SMARTS) is 1. The number of aliphatic carboxylic acids is 1. The molecule has 0 unspecified atom stereocenters. The van der Waals surface area contributed by atoms with Crippen LogP contribution < -0.4 is 5.32 Å². The van der Waals surface area contributed by atoms with Crippen molar-refractivity contribution in [3.05, 3.63) is 66.2 Å². The molecule has 0 saturated carbocycles. The van der Waals surface area contributed by atoms with Crippen molar-refractivity contribution in [3.63, 3.8) is 0 Å². The average Bonchev–Trinajstić information content (AvgIpc) is 3.02. The molecule has 25 heavy (non-hydrogen) atoms. The highest BCUT2D eigenvalue weighted by Gasteiger charge is 2.14. The highest BCUT2D eigenvalue weighted by atomic mass is 16.4. The number of aryl methyl sites for hydroxylation is 1. The number of aromatic nitrogens is 3. The monoisotopic (exact) mass is 336 g/mol. The summed E-state index contributed by atoms with van der Waals surface area (Å²) in [7, 11) is 0. The lowest BCUT2D eigenvalue weighted by atomic mass is 10.0. The molecule has 0 saturated heterocycles. The Bertz CT molecular complexity index is 933. The summed E-state index contributed by atoms with van der Waals surface area (Å²) in [6.07, 6.45) is 4.79. The Morgan fingerprint density at radius 1 is 1.24 bits per heavy atom. The summed E-state index contributed by atoms with van der Waals surface area (Å²) in [5, 5.41) is 15.7. The maximum Gasteiger partial charge on any atom is 0.325 e. The first-order valence-corrected chi connectivity index (χ1v) is 7.60. The van der Waals surface area contributed by atoms with Gasteiger partial charge in [0.05, 0.1) is 6.20 Å². The first-order valence-electron chi connectivity index (χ1n) is 7.60. The molecule has 0 fully saturated rings. The Labute approximate surface area is 143 Å². The quantitative estimate of drug-likeness (QED) is 0.746. The van der Waals surface area contributed by atoms with Crippen LogP contribution in [0.2, 0.25) is 0 Å². The fraction of sp³-hybridized carbons (Fsp3) is 0.111. The number of carboxylic acids is 1. The fourth-order valence-electron chi connectivity index (χ4n) is 2.48. The van der Waals surface area contributed by atoms with Gasteiger partial charge in [0.1, 0.15) is 6.54 Å². The minimum atomic E-state index is -0.978. The van der Waals surface area contributed by atoms with E-state index in [1.165, 1.54) is 4.68 Å². The van der Waals surface area contributed by atoms with E-state index in [1.807, 2.05) is 13.0 Å². The van der Waals surface area contributed by atoms with Crippen molar-refractivity contribution in [1.29, 1.82) is 0 Å². The van der Waals surface area contributed by atoms with E-state index in [-0.39, 0.29) is 12.5 Å². The maximum atomic E-state index is 12.7. The Morgan fingerprint density at radius 3 is 2.80 bits per heavy atom. The van der Waals surface area contributed by atoms with E-state index in [9.17, 15) is 9.59 Å². The van der Waals surface area contributed by atoms with E-state index in [0.717, 1.165) is 5.69 Å². The van der Waals surface area contributed by atoms with Crippen molar-refractivity contribution in [2.24, 2.45) is 0 Å². The van der Waals surface area contributed by atoms with Gasteiger partial charge in [-0.2, -0.15) is 5.10 Å². The van der Waals surface area contributed by atoms with Crippen LogP contribution in [0.1, 0.15) is 16.1 Å². The number of benzene rings is 1. The van der Waals surface area contributed by atoms with Crippen LogP contribution in [-0.2, 0) is 11.3 Å². The predicted octanol–water partition coefficient (Wildman–Crippen LogP) is 2.59. The van der Waals surface area contributed by atoms with Gasteiger partial charge in [-0.3, -0.25) is 19.3 Å². The minimum Gasteiger partial charge on any atom is -0.480 e. The second-order valence-electron chi connectivity index (χ2n) is 5.51. The van der Waals surface area contributed by atoms with Crippen molar-refractivity contribution in [3.8, 4) is 11.1 Å². The van der Waals surface area contributed by atoms with Crippen LogP contribution in [0.15, 0.2) is 55.0 Å². The number of hydrogen-bond donors (Lipinski definition) is 2. The Balaban J connectivity index is 1.89. The largest absolute Gasteiger partial charge is 0.480 e. The molecule has 126 valence electrons. The third-order valence-electron chi connectivity index (χ3n) is 3.57. The average molecular weight is 336 g/mol. The lowest BCUT2D eigenvalue weighted by Crippen LogP contribution is -2.13. The molecule has 0 aliphatic rings. The molecule has 0 radical (unpaired) electrons. The number of nitrogens with one attached hydrogen (secondary N) is 1. The van der Waals surface area contributed by atoms with E-state index in [4.69, 9.17) is 5.11 Å². The van der Waals surface area contributed by atoms with Crippen molar-refractivity contribution in [2.75, 3.05) is 5.32 Å². The second kappa shape index (κ2) is 6.96. The number of anilines is 1. The number of nitrogens with zero attached hydrogens (tertiary/aromatic N) is 3. The van der Waals surface area contributed by atoms with Gasteiger partial charge in [0.2, 0.25) is 0 Å². The van der Waals surface area contributed by atoms with E-state index >= 15 is 0 Å². The SMILES string of the molecule is Cc1cc(NC(=O)c2ccccc2-c2cnn(CC(=O)O)c2)ccn1. The molecule has 0 atom stereocenters. The molecule has 3 aromatic rings. The van der Waals surface area contributed by atoms with Gasteiger partial charge in [-0.15, -0.1) is 0 Å². The summed E-state index contributed by atoms with van der Waals surface area (Å²) < 4.78 is 1.32. The normalized spacial score (nSPS) is 10.4. The summed E-state index contributed by atoms with van der Waals surface area (Å²) >= 11 is 0. The van der Waals surface area contributed by atoms with Crippen LogP contribution in [-0.4, -0.2) is 31.7 Å². The number of rotatable bonds is 5. The van der Waals surface area contributed by atoms with Gasteiger partial charge in [-0.25, -0.2) is 0 Å². The molecule has 0 spiro atoms. The molecule has 0 aliphatic carbocycles. The zero-order valence-corrected chi connectivity index (χ0v) is 13.5. The molecule has 0 aliphatic heterocycles. The van der Waals surface area contributed by atoms with Crippen molar-refractivity contribution < 1.29 is 14.7 Å². The standard InChI is InChI=1S/C18H16N4O3/c1-12-8-14(6-7-19-12)21-18(25)16-5-3-2-4-15(16)13-9-20-22(10-13)11-17(23)24/h2-10H,11H2,1H3,(H,23,24)(H,19,21,25). The van der Waals surface area contributed by atoms with Crippen LogP contribution in [0, 0.1) is 6.92 Å². The lowest BCUT2D eigenvalue weighted by molar-refractivity contribution is -0.137. The summed E-state index contributed by atoms with van der Waals surface area (Å²) in [5.74, 6) is -1.24. The highest BCUT2D eigenvalue weighted by molar-refractivity contribution is 6.08. The molecule has 1 amide bonds. The molecule has 0 bridgehead atoms. The van der Waals surface area contributed by atoms with Crippen molar-refractivity contribution >= 4 is 17.6 Å². The number of hydrogen-bond acceptors (Lipinski definition) is 4. The summed E-state index contributed by atoms with van der Waals surface area (Å²) in [4.78, 5) is 27.5. The molecule has 3 rings (SSSR count). The van der Waals surface area contributed by atoms with Gasteiger partial charge in [-0.05, 0) is 30.7 Å². The number of carbonyl (C=O) groups excluding carboxylic acids is 1. The predicted molar refractivity (Wildman–Crippen MR) is 92.2 cm³/mol. The van der Waals surface area contributed by atoms with Gasteiger partial charge < -0.3 is 10.4 Å². The number of amides is 1. The fourth-order valence-corrected chi connectivity index (χ4v) is 2.48. The Morgan fingerprint density at radius 2 is 2.04 bits per heavy atom. The number of pyridine rings is 1. The van der Waals surface area contributed by atoms with Gasteiger partial charge in [-0.1, -0.05) is 18.2 Å². The van der Waals surface area contributed by atoms with Gasteiger partial charge in [0.25, 0.3) is 5.91 Å². The highest BCUT2D eigenvalue weighted by Crippen LogP contribution is 2.24. The third-order valence-corrected chi connectivity index (χ3v) is 3.57. The first-order chi connectivity index (χ1) is 12.0. The molecule has 2 N–H and O–H groups in total. The van der Waals surface area contributed by atoms with Crippen molar-refractivity contribution in [1.82, 2.24) is 14.8 Å². The zero-order valence-electron chi connectivity index (χ0n) is 13.5. The van der Waals surface area contributed by atoms with E-state index in [0.29, 0.717) is 22.4 Å². The lowest BCUT2D eigenvalue weighted by Gasteiger charge is -2.09. The van der Waals surface area contributed by atoms with Crippen LogP contribution in [0.25, 0.3) is 11.1 Å². The maximum absolute atomic E-state index is 12.7. The minimum absolute atomic E-state index is 0.231. The summed E-state index contributed by atoms with van der Waals surface area (Å²) in [5.41, 5.74) is 3.31. The van der Waals surface area contributed by atoms with Gasteiger partial charge >= 0.3 is 5.97 Å². The molecule has 7 nitrogen and oxygen atoms in total. The Kier molecular flexibility index (Phi) is 4.56. The van der Waals surface area contributed by atoms with Gasteiger partial charge in [0, 0.05) is 34.9 Å². The molecular formula is C18H16N4O3. The number of carbonyl (C=O) groups is 2. The van der Waals surface area contributed by atoms with E-state index in [1.54, 1.807) is 48.9 Å². The third kappa shape index (κ3) is 3.89. The summed E-state index contributed by atoms with van der Waals surface area (Å²) in [6.45, 7) is 1.62. The molecule has 2 aromatic heterocycles. The second-order valence-corrected chi connectivity index (χ2v) is 5.51. The van der Waals surface area contributed by atoms with E-state index < -0.39 is 5.97 Å². The molecule has 7 heteroatoms.